The standard InChI is InChI=1S/C14H18N4O.ClH/c1-15-10-5-8-14(19)16-13-9-11-18(17-13)12-6-3-2-4-7-12;/h2-4,6-7,9,11,15H,5,8,10H2,1H3,(H,16,17,19);1H. The number of halogens is 1. The van der Waals surface area contributed by atoms with Crippen LogP contribution in [0.15, 0.2) is 42.6 Å². The zero-order valence-corrected chi connectivity index (χ0v) is 12.2. The monoisotopic (exact) mass is 294 g/mol. The molecule has 1 aromatic heterocycles. The number of rotatable bonds is 6. The summed E-state index contributed by atoms with van der Waals surface area (Å²) < 4.78 is 1.74. The quantitative estimate of drug-likeness (QED) is 0.803. The van der Waals surface area contributed by atoms with Gasteiger partial charge in [-0.3, -0.25) is 4.79 Å². The Labute approximate surface area is 124 Å². The van der Waals surface area contributed by atoms with Crippen molar-refractivity contribution in [1.29, 1.82) is 0 Å². The second-order valence-corrected chi connectivity index (χ2v) is 4.24. The van der Waals surface area contributed by atoms with Crippen LogP contribution in [0.3, 0.4) is 0 Å². The van der Waals surface area contributed by atoms with Gasteiger partial charge in [0.05, 0.1) is 5.69 Å². The average molecular weight is 295 g/mol. The summed E-state index contributed by atoms with van der Waals surface area (Å²) in [6.07, 6.45) is 3.15. The van der Waals surface area contributed by atoms with Gasteiger partial charge >= 0.3 is 0 Å². The maximum Gasteiger partial charge on any atom is 0.225 e. The van der Waals surface area contributed by atoms with Crippen LogP contribution in [-0.2, 0) is 4.79 Å². The van der Waals surface area contributed by atoms with Crippen molar-refractivity contribution in [3.63, 3.8) is 0 Å². The molecule has 0 atom stereocenters. The number of anilines is 1. The van der Waals surface area contributed by atoms with Gasteiger partial charge in [-0.05, 0) is 32.1 Å². The van der Waals surface area contributed by atoms with E-state index in [1.807, 2.05) is 43.6 Å². The molecule has 6 heteroatoms. The first kappa shape index (κ1) is 16.2. The lowest BCUT2D eigenvalue weighted by atomic mass is 10.3. The summed E-state index contributed by atoms with van der Waals surface area (Å²) in [5, 5.41) is 10.1. The molecule has 0 aliphatic heterocycles. The van der Waals surface area contributed by atoms with Gasteiger partial charge in [0, 0.05) is 18.7 Å². The Kier molecular flexibility index (Phi) is 6.76. The van der Waals surface area contributed by atoms with Gasteiger partial charge in [-0.2, -0.15) is 5.10 Å². The number of para-hydroxylation sites is 1. The highest BCUT2D eigenvalue weighted by Crippen LogP contribution is 2.10. The maximum absolute atomic E-state index is 11.6. The summed E-state index contributed by atoms with van der Waals surface area (Å²) in [6.45, 7) is 0.839. The minimum absolute atomic E-state index is 0. The average Bonchev–Trinajstić information content (AvgIpc) is 2.88. The normalized spacial score (nSPS) is 9.85. The summed E-state index contributed by atoms with van der Waals surface area (Å²) in [6, 6.07) is 11.6. The molecule has 0 aliphatic carbocycles. The predicted octanol–water partition coefficient (Wildman–Crippen LogP) is 2.23. The van der Waals surface area contributed by atoms with E-state index in [-0.39, 0.29) is 18.3 Å². The fourth-order valence-electron chi connectivity index (χ4n) is 1.75. The second kappa shape index (κ2) is 8.35. The topological polar surface area (TPSA) is 59.0 Å². The Hall–Kier alpha value is -1.85. The van der Waals surface area contributed by atoms with E-state index in [0.29, 0.717) is 12.2 Å². The molecule has 2 aromatic rings. The van der Waals surface area contributed by atoms with Gasteiger partial charge in [-0.1, -0.05) is 18.2 Å². The molecule has 2 rings (SSSR count). The minimum atomic E-state index is -0.00596. The van der Waals surface area contributed by atoms with Crippen LogP contribution in [0, 0.1) is 0 Å². The van der Waals surface area contributed by atoms with Crippen molar-refractivity contribution >= 4 is 24.1 Å². The summed E-state index contributed by atoms with van der Waals surface area (Å²) in [4.78, 5) is 11.6. The molecule has 0 saturated carbocycles. The zero-order valence-electron chi connectivity index (χ0n) is 11.4. The molecule has 0 spiro atoms. The van der Waals surface area contributed by atoms with Crippen LogP contribution in [0.5, 0.6) is 0 Å². The van der Waals surface area contributed by atoms with Gasteiger partial charge in [0.15, 0.2) is 5.82 Å². The smallest absolute Gasteiger partial charge is 0.225 e. The third-order valence-electron chi connectivity index (χ3n) is 2.71. The van der Waals surface area contributed by atoms with Gasteiger partial charge in [0.2, 0.25) is 5.91 Å². The molecule has 1 aromatic carbocycles. The van der Waals surface area contributed by atoms with E-state index in [9.17, 15) is 4.79 Å². The first-order valence-electron chi connectivity index (χ1n) is 6.35. The molecule has 0 saturated heterocycles. The van der Waals surface area contributed by atoms with Gasteiger partial charge in [-0.15, -0.1) is 12.4 Å². The molecule has 2 N–H and O–H groups in total. The molecule has 108 valence electrons. The van der Waals surface area contributed by atoms with E-state index in [1.54, 1.807) is 10.7 Å². The van der Waals surface area contributed by atoms with Crippen LogP contribution in [0.25, 0.3) is 5.69 Å². The van der Waals surface area contributed by atoms with E-state index in [1.165, 1.54) is 0 Å². The lowest BCUT2D eigenvalue weighted by Crippen LogP contribution is -2.15. The van der Waals surface area contributed by atoms with Crippen LogP contribution in [-0.4, -0.2) is 29.3 Å². The fraction of sp³-hybridized carbons (Fsp3) is 0.286. The Morgan fingerprint density at radius 1 is 1.25 bits per heavy atom. The summed E-state index contributed by atoms with van der Waals surface area (Å²) in [5.41, 5.74) is 0.971. The number of aromatic nitrogens is 2. The molecule has 0 radical (unpaired) electrons. The van der Waals surface area contributed by atoms with Crippen molar-refractivity contribution in [3.05, 3.63) is 42.6 Å². The number of amides is 1. The second-order valence-electron chi connectivity index (χ2n) is 4.24. The molecule has 0 unspecified atom stereocenters. The van der Waals surface area contributed by atoms with Crippen LogP contribution in [0.4, 0.5) is 5.82 Å². The SMILES string of the molecule is CNCCCC(=O)Nc1ccn(-c2ccccc2)n1.Cl. The lowest BCUT2D eigenvalue weighted by molar-refractivity contribution is -0.116. The predicted molar refractivity (Wildman–Crippen MR) is 82.6 cm³/mol. The van der Waals surface area contributed by atoms with E-state index in [0.717, 1.165) is 18.7 Å². The van der Waals surface area contributed by atoms with Crippen LogP contribution in [0.1, 0.15) is 12.8 Å². The van der Waals surface area contributed by atoms with Crippen molar-refractivity contribution in [2.24, 2.45) is 0 Å². The third-order valence-corrected chi connectivity index (χ3v) is 2.71. The molecule has 1 amide bonds. The summed E-state index contributed by atoms with van der Waals surface area (Å²) >= 11 is 0. The Bertz CT molecular complexity index is 527. The van der Waals surface area contributed by atoms with E-state index in [4.69, 9.17) is 0 Å². The van der Waals surface area contributed by atoms with E-state index < -0.39 is 0 Å². The van der Waals surface area contributed by atoms with Crippen LogP contribution >= 0.6 is 12.4 Å². The number of hydrogen-bond acceptors (Lipinski definition) is 3. The summed E-state index contributed by atoms with van der Waals surface area (Å²) in [7, 11) is 1.87. The highest BCUT2D eigenvalue weighted by Gasteiger charge is 2.05. The number of nitrogens with zero attached hydrogens (tertiary/aromatic N) is 2. The minimum Gasteiger partial charge on any atom is -0.320 e. The number of carbonyl (C=O) groups is 1. The molecule has 0 aliphatic rings. The Morgan fingerprint density at radius 2 is 2.00 bits per heavy atom. The Balaban J connectivity index is 0.00000200. The molecule has 0 bridgehead atoms. The number of nitrogens with one attached hydrogen (secondary N) is 2. The third kappa shape index (κ3) is 4.68. The lowest BCUT2D eigenvalue weighted by Gasteiger charge is -2.02. The van der Waals surface area contributed by atoms with Gasteiger partial charge < -0.3 is 10.6 Å². The number of benzene rings is 1. The van der Waals surface area contributed by atoms with Crippen molar-refractivity contribution < 1.29 is 4.79 Å². The van der Waals surface area contributed by atoms with Gasteiger partial charge in [-0.25, -0.2) is 4.68 Å². The van der Waals surface area contributed by atoms with Crippen molar-refractivity contribution in [2.75, 3.05) is 18.9 Å². The molecular weight excluding hydrogens is 276 g/mol. The first-order valence-corrected chi connectivity index (χ1v) is 6.35. The molecule has 5 nitrogen and oxygen atoms in total. The largest absolute Gasteiger partial charge is 0.320 e. The highest BCUT2D eigenvalue weighted by molar-refractivity contribution is 5.89. The van der Waals surface area contributed by atoms with Crippen LogP contribution in [0.2, 0.25) is 0 Å². The number of hydrogen-bond donors (Lipinski definition) is 2. The molecule has 0 fully saturated rings. The first-order chi connectivity index (χ1) is 9.29. The van der Waals surface area contributed by atoms with Gasteiger partial charge in [0.25, 0.3) is 0 Å². The Morgan fingerprint density at radius 3 is 2.70 bits per heavy atom. The van der Waals surface area contributed by atoms with Crippen molar-refractivity contribution in [1.82, 2.24) is 15.1 Å². The van der Waals surface area contributed by atoms with Gasteiger partial charge in [0.1, 0.15) is 0 Å². The van der Waals surface area contributed by atoms with Crippen molar-refractivity contribution in [3.8, 4) is 5.69 Å². The molecule has 1 heterocycles. The van der Waals surface area contributed by atoms with Crippen molar-refractivity contribution in [2.45, 2.75) is 12.8 Å². The van der Waals surface area contributed by atoms with E-state index >= 15 is 0 Å². The summed E-state index contributed by atoms with van der Waals surface area (Å²) in [5.74, 6) is 0.576. The van der Waals surface area contributed by atoms with Crippen LogP contribution < -0.4 is 10.6 Å². The van der Waals surface area contributed by atoms with E-state index in [2.05, 4.69) is 15.7 Å². The molecule has 20 heavy (non-hydrogen) atoms. The fourth-order valence-corrected chi connectivity index (χ4v) is 1.75. The zero-order chi connectivity index (χ0) is 13.5. The number of carbonyl (C=O) groups excluding carboxylic acids is 1. The maximum atomic E-state index is 11.6. The molecular formula is C14H19ClN4O. The highest BCUT2D eigenvalue weighted by atomic mass is 35.5.